The Hall–Kier alpha value is -1.78. The molecule has 2 aliphatic heterocycles. The van der Waals surface area contributed by atoms with E-state index < -0.39 is 0 Å². The van der Waals surface area contributed by atoms with Crippen molar-refractivity contribution in [3.8, 4) is 0 Å². The number of aromatic nitrogens is 2. The summed E-state index contributed by atoms with van der Waals surface area (Å²) in [5, 5.41) is 3.50. The van der Waals surface area contributed by atoms with Gasteiger partial charge in [-0.1, -0.05) is 38.1 Å². The quantitative estimate of drug-likeness (QED) is 0.926. The summed E-state index contributed by atoms with van der Waals surface area (Å²) < 4.78 is 0. The third kappa shape index (κ3) is 3.75. The van der Waals surface area contributed by atoms with Gasteiger partial charge in [-0.3, -0.25) is 4.90 Å². The molecule has 0 spiro atoms. The Morgan fingerprint density at radius 3 is 2.80 bits per heavy atom. The molecule has 1 fully saturated rings. The first-order chi connectivity index (χ1) is 12.2. The van der Waals surface area contributed by atoms with Gasteiger partial charge in [-0.25, -0.2) is 9.97 Å². The van der Waals surface area contributed by atoms with Crippen molar-refractivity contribution < 1.29 is 0 Å². The fraction of sp³-hybridized carbons (Fsp3) is 0.524. The number of benzene rings is 1. The molecular weight excluding hydrogens is 308 g/mol. The summed E-state index contributed by atoms with van der Waals surface area (Å²) in [4.78, 5) is 12.0. The van der Waals surface area contributed by atoms with Crippen LogP contribution in [-0.4, -0.2) is 28.0 Å². The molecule has 0 saturated carbocycles. The average molecular weight is 336 g/mol. The third-order valence-corrected chi connectivity index (χ3v) is 5.46. The smallest absolute Gasteiger partial charge is 0.145 e. The van der Waals surface area contributed by atoms with Crippen LogP contribution >= 0.6 is 0 Å². The van der Waals surface area contributed by atoms with Crippen LogP contribution in [0.4, 0.5) is 0 Å². The molecule has 1 aromatic carbocycles. The van der Waals surface area contributed by atoms with E-state index >= 15 is 0 Å². The number of hydrogen-bond donors (Lipinski definition) is 1. The highest BCUT2D eigenvalue weighted by atomic mass is 15.1. The highest BCUT2D eigenvalue weighted by Crippen LogP contribution is 2.24. The highest BCUT2D eigenvalue weighted by Gasteiger charge is 2.23. The second kappa shape index (κ2) is 7.22. The van der Waals surface area contributed by atoms with E-state index in [4.69, 9.17) is 4.98 Å². The molecule has 0 unspecified atom stereocenters. The lowest BCUT2D eigenvalue weighted by molar-refractivity contribution is 0.242. The molecule has 1 N–H and O–H groups in total. The van der Waals surface area contributed by atoms with E-state index in [1.807, 2.05) is 0 Å². The van der Waals surface area contributed by atoms with Crippen LogP contribution < -0.4 is 5.32 Å². The summed E-state index contributed by atoms with van der Waals surface area (Å²) in [6, 6.07) is 9.44. The maximum atomic E-state index is 4.87. The first kappa shape index (κ1) is 16.7. The molecule has 2 aromatic rings. The molecule has 0 radical (unpaired) electrons. The van der Waals surface area contributed by atoms with Crippen LogP contribution in [0.1, 0.15) is 66.9 Å². The normalized spacial score (nSPS) is 20.8. The molecule has 0 aliphatic carbocycles. The maximum absolute atomic E-state index is 4.87. The van der Waals surface area contributed by atoms with E-state index in [1.54, 1.807) is 0 Å². The number of nitrogens with one attached hydrogen (secondary N) is 1. The van der Waals surface area contributed by atoms with Crippen LogP contribution in [0.5, 0.6) is 0 Å². The lowest BCUT2D eigenvalue weighted by atomic mass is 10.0. The van der Waals surface area contributed by atoms with Crippen molar-refractivity contribution in [2.45, 2.75) is 58.2 Å². The fourth-order valence-corrected chi connectivity index (χ4v) is 3.86. The van der Waals surface area contributed by atoms with Gasteiger partial charge in [0.05, 0.1) is 6.04 Å². The molecule has 0 bridgehead atoms. The van der Waals surface area contributed by atoms with Gasteiger partial charge in [-0.05, 0) is 36.4 Å². The molecule has 1 saturated heterocycles. The Morgan fingerprint density at radius 1 is 1.24 bits per heavy atom. The van der Waals surface area contributed by atoms with E-state index in [1.165, 1.54) is 28.8 Å². The van der Waals surface area contributed by atoms with Crippen molar-refractivity contribution in [1.82, 2.24) is 20.2 Å². The van der Waals surface area contributed by atoms with E-state index in [2.05, 4.69) is 59.5 Å². The lowest BCUT2D eigenvalue weighted by Crippen LogP contribution is -2.31. The molecule has 1 atom stereocenters. The third-order valence-electron chi connectivity index (χ3n) is 5.46. The van der Waals surface area contributed by atoms with Gasteiger partial charge in [0.25, 0.3) is 0 Å². The first-order valence-electron chi connectivity index (χ1n) is 9.58. The maximum Gasteiger partial charge on any atom is 0.145 e. The standard InChI is InChI=1S/C21H28N4/c1-15(2)17-7-5-16(6-8-17)13-25-11-9-19-18(14-25)12-23-21(24-19)20-4-3-10-22-20/h5-8,12,15,20,22H,3-4,9-11,13-14H2,1-2H3/t20-/m0/s1. The Bertz CT molecular complexity index is 717. The SMILES string of the molecule is CC(C)c1ccc(CN2CCc3nc([C@@H]4CCCN4)ncc3C2)cc1. The molecule has 0 amide bonds. The van der Waals surface area contributed by atoms with Crippen molar-refractivity contribution >= 4 is 0 Å². The van der Waals surface area contributed by atoms with E-state index in [-0.39, 0.29) is 0 Å². The minimum Gasteiger partial charge on any atom is -0.307 e. The van der Waals surface area contributed by atoms with Gasteiger partial charge in [0.1, 0.15) is 5.82 Å². The van der Waals surface area contributed by atoms with Gasteiger partial charge in [-0.15, -0.1) is 0 Å². The summed E-state index contributed by atoms with van der Waals surface area (Å²) in [6.45, 7) is 8.61. The van der Waals surface area contributed by atoms with Crippen LogP contribution in [0.2, 0.25) is 0 Å². The highest BCUT2D eigenvalue weighted by molar-refractivity contribution is 5.26. The molecule has 1 aromatic heterocycles. The predicted octanol–water partition coefficient (Wildman–Crippen LogP) is 3.58. The van der Waals surface area contributed by atoms with Crippen molar-refractivity contribution in [3.63, 3.8) is 0 Å². The predicted molar refractivity (Wildman–Crippen MR) is 100 cm³/mol. The van der Waals surface area contributed by atoms with E-state index in [9.17, 15) is 0 Å². The molecule has 132 valence electrons. The molecule has 4 nitrogen and oxygen atoms in total. The van der Waals surface area contributed by atoms with Crippen LogP contribution in [-0.2, 0) is 19.5 Å². The average Bonchev–Trinajstić information content (AvgIpc) is 3.16. The second-order valence-electron chi connectivity index (χ2n) is 7.71. The number of hydrogen-bond acceptors (Lipinski definition) is 4. The van der Waals surface area contributed by atoms with Gasteiger partial charge in [-0.2, -0.15) is 0 Å². The Morgan fingerprint density at radius 2 is 2.08 bits per heavy atom. The summed E-state index contributed by atoms with van der Waals surface area (Å²) in [5.74, 6) is 1.59. The van der Waals surface area contributed by atoms with Crippen molar-refractivity contribution in [2.24, 2.45) is 0 Å². The van der Waals surface area contributed by atoms with E-state index in [0.29, 0.717) is 12.0 Å². The molecular formula is C21H28N4. The summed E-state index contributed by atoms with van der Waals surface area (Å²) in [5.41, 5.74) is 5.35. The van der Waals surface area contributed by atoms with Crippen LogP contribution in [0, 0.1) is 0 Å². The summed E-state index contributed by atoms with van der Waals surface area (Å²) >= 11 is 0. The van der Waals surface area contributed by atoms with Gasteiger partial charge in [0, 0.05) is 43.5 Å². The van der Waals surface area contributed by atoms with E-state index in [0.717, 1.165) is 44.8 Å². The minimum absolute atomic E-state index is 0.364. The Kier molecular flexibility index (Phi) is 4.82. The van der Waals surface area contributed by atoms with Crippen LogP contribution in [0.25, 0.3) is 0 Å². The van der Waals surface area contributed by atoms with Crippen molar-refractivity contribution in [1.29, 1.82) is 0 Å². The summed E-state index contributed by atoms with van der Waals surface area (Å²) in [7, 11) is 0. The number of rotatable bonds is 4. The minimum atomic E-state index is 0.364. The number of nitrogens with zero attached hydrogens (tertiary/aromatic N) is 3. The number of fused-ring (bicyclic) bond motifs is 1. The lowest BCUT2D eigenvalue weighted by Gasteiger charge is -2.28. The molecule has 3 heterocycles. The van der Waals surface area contributed by atoms with Gasteiger partial charge in [0.2, 0.25) is 0 Å². The molecule has 4 rings (SSSR count). The zero-order valence-electron chi connectivity index (χ0n) is 15.3. The largest absolute Gasteiger partial charge is 0.307 e. The van der Waals surface area contributed by atoms with Gasteiger partial charge < -0.3 is 5.32 Å². The van der Waals surface area contributed by atoms with Gasteiger partial charge >= 0.3 is 0 Å². The van der Waals surface area contributed by atoms with Gasteiger partial charge in [0.15, 0.2) is 0 Å². The first-order valence-corrected chi connectivity index (χ1v) is 9.58. The molecule has 4 heteroatoms. The van der Waals surface area contributed by atoms with Crippen LogP contribution in [0.15, 0.2) is 30.5 Å². The molecule has 2 aliphatic rings. The van der Waals surface area contributed by atoms with Crippen molar-refractivity contribution in [3.05, 3.63) is 58.7 Å². The monoisotopic (exact) mass is 336 g/mol. The Balaban J connectivity index is 1.42. The molecule has 25 heavy (non-hydrogen) atoms. The topological polar surface area (TPSA) is 41.1 Å². The zero-order valence-corrected chi connectivity index (χ0v) is 15.3. The van der Waals surface area contributed by atoms with Crippen LogP contribution in [0.3, 0.4) is 0 Å². The summed E-state index contributed by atoms with van der Waals surface area (Å²) in [6.07, 6.45) is 5.49. The second-order valence-corrected chi connectivity index (χ2v) is 7.71. The van der Waals surface area contributed by atoms with Crippen molar-refractivity contribution in [2.75, 3.05) is 13.1 Å². The Labute approximate surface area is 150 Å². The fourth-order valence-electron chi connectivity index (χ4n) is 3.86. The zero-order chi connectivity index (χ0) is 17.2.